The number of furan rings is 2. The third-order valence-electron chi connectivity index (χ3n) is 10.9. The first-order valence-corrected chi connectivity index (χ1v) is 18.7. The van der Waals surface area contributed by atoms with Crippen molar-refractivity contribution >= 4 is 71.7 Å². The Kier molecular flexibility index (Phi) is 7.17. The van der Waals surface area contributed by atoms with Gasteiger partial charge in [-0.3, -0.25) is 0 Å². The number of nitrogens with zero attached hydrogens (tertiary/aromatic N) is 1. The molecule has 0 N–H and O–H groups in total. The molecule has 0 spiro atoms. The maximum atomic E-state index is 6.40. The highest BCUT2D eigenvalue weighted by atomic mass is 16.3. The molecule has 0 aliphatic carbocycles. The van der Waals surface area contributed by atoms with Crippen LogP contribution >= 0.6 is 0 Å². The lowest BCUT2D eigenvalue weighted by Crippen LogP contribution is -2.09. The molecule has 11 aromatic rings. The maximum Gasteiger partial charge on any atom is 0.143 e. The van der Waals surface area contributed by atoms with Gasteiger partial charge in [-0.25, -0.2) is 0 Å². The standard InChI is InChI=1S/C52H33NO2/c1-2-14-42-35(10-1)11-8-17-43(42)38-13-7-12-37(32-38)34-22-26-39(27-23-34)53(41-30-31-51-48(33-41)46-16-4-5-20-49(46)54-51)40-28-24-36(25-29-40)44-18-9-19-47-45-15-3-6-21-50(45)55-52(44)47/h1-33H. The van der Waals surface area contributed by atoms with Gasteiger partial charge in [0.05, 0.1) is 0 Å². The molecule has 0 radical (unpaired) electrons. The van der Waals surface area contributed by atoms with Crippen molar-refractivity contribution in [1.82, 2.24) is 0 Å². The second kappa shape index (κ2) is 12.6. The van der Waals surface area contributed by atoms with Crippen LogP contribution in [0.3, 0.4) is 0 Å². The molecule has 0 bridgehead atoms. The molecule has 0 atom stereocenters. The fraction of sp³-hybridized carbons (Fsp3) is 0. The first-order chi connectivity index (χ1) is 27.2. The van der Waals surface area contributed by atoms with Gasteiger partial charge >= 0.3 is 0 Å². The first-order valence-electron chi connectivity index (χ1n) is 18.7. The number of anilines is 3. The number of para-hydroxylation sites is 3. The molecule has 11 rings (SSSR count). The van der Waals surface area contributed by atoms with E-state index in [1.54, 1.807) is 0 Å². The normalized spacial score (nSPS) is 11.6. The van der Waals surface area contributed by atoms with Crippen LogP contribution < -0.4 is 4.90 Å². The van der Waals surface area contributed by atoms with Crippen LogP contribution in [0.15, 0.2) is 209 Å². The number of hydrogen-bond donors (Lipinski definition) is 0. The van der Waals surface area contributed by atoms with Crippen molar-refractivity contribution in [2.24, 2.45) is 0 Å². The average Bonchev–Trinajstić information content (AvgIpc) is 3.83. The smallest absolute Gasteiger partial charge is 0.143 e. The van der Waals surface area contributed by atoms with Gasteiger partial charge in [-0.2, -0.15) is 0 Å². The molecule has 0 saturated carbocycles. The van der Waals surface area contributed by atoms with Crippen LogP contribution in [0, 0.1) is 0 Å². The Morgan fingerprint density at radius 3 is 1.64 bits per heavy atom. The van der Waals surface area contributed by atoms with Crippen LogP contribution in [0.1, 0.15) is 0 Å². The maximum absolute atomic E-state index is 6.40. The van der Waals surface area contributed by atoms with E-state index < -0.39 is 0 Å². The van der Waals surface area contributed by atoms with Crippen LogP contribution in [0.2, 0.25) is 0 Å². The lowest BCUT2D eigenvalue weighted by Gasteiger charge is -2.26. The van der Waals surface area contributed by atoms with Crippen molar-refractivity contribution in [2.45, 2.75) is 0 Å². The van der Waals surface area contributed by atoms with E-state index in [1.165, 1.54) is 27.5 Å². The summed E-state index contributed by atoms with van der Waals surface area (Å²) in [5.41, 5.74) is 13.7. The van der Waals surface area contributed by atoms with Crippen molar-refractivity contribution < 1.29 is 8.83 Å². The Labute approximate surface area is 317 Å². The molecular formula is C52H33NO2. The monoisotopic (exact) mass is 703 g/mol. The van der Waals surface area contributed by atoms with Gasteiger partial charge in [-0.1, -0.05) is 140 Å². The number of benzene rings is 9. The average molecular weight is 704 g/mol. The number of fused-ring (bicyclic) bond motifs is 7. The van der Waals surface area contributed by atoms with Crippen molar-refractivity contribution in [3.05, 3.63) is 200 Å². The summed E-state index contributed by atoms with van der Waals surface area (Å²) in [6, 6.07) is 71.0. The largest absolute Gasteiger partial charge is 0.456 e. The van der Waals surface area contributed by atoms with Crippen LogP contribution in [0.4, 0.5) is 17.1 Å². The molecule has 3 nitrogen and oxygen atoms in total. The predicted molar refractivity (Wildman–Crippen MR) is 229 cm³/mol. The minimum atomic E-state index is 0.876. The zero-order chi connectivity index (χ0) is 36.3. The summed E-state index contributed by atoms with van der Waals surface area (Å²) in [5, 5.41) is 6.96. The van der Waals surface area contributed by atoms with Crippen LogP contribution in [0.25, 0.3) is 88.0 Å². The minimum absolute atomic E-state index is 0.876. The quantitative estimate of drug-likeness (QED) is 0.173. The van der Waals surface area contributed by atoms with Gasteiger partial charge in [0.2, 0.25) is 0 Å². The molecule has 3 heteroatoms. The van der Waals surface area contributed by atoms with E-state index in [9.17, 15) is 0 Å². The van der Waals surface area contributed by atoms with Crippen molar-refractivity contribution in [3.8, 4) is 33.4 Å². The van der Waals surface area contributed by atoms with Gasteiger partial charge in [-0.15, -0.1) is 0 Å². The molecule has 2 aromatic heterocycles. The molecule has 258 valence electrons. The summed E-state index contributed by atoms with van der Waals surface area (Å²) in [6.07, 6.45) is 0. The summed E-state index contributed by atoms with van der Waals surface area (Å²) in [6.45, 7) is 0. The summed E-state index contributed by atoms with van der Waals surface area (Å²) >= 11 is 0. The highest BCUT2D eigenvalue weighted by Gasteiger charge is 2.18. The first kappa shape index (κ1) is 31.2. The van der Waals surface area contributed by atoms with Crippen molar-refractivity contribution in [2.75, 3.05) is 4.90 Å². The third-order valence-corrected chi connectivity index (χ3v) is 10.9. The highest BCUT2D eigenvalue weighted by molar-refractivity contribution is 6.10. The topological polar surface area (TPSA) is 29.5 Å². The van der Waals surface area contributed by atoms with E-state index in [0.29, 0.717) is 0 Å². The van der Waals surface area contributed by atoms with Crippen LogP contribution in [0.5, 0.6) is 0 Å². The molecule has 0 aliphatic heterocycles. The van der Waals surface area contributed by atoms with E-state index in [4.69, 9.17) is 8.83 Å². The summed E-state index contributed by atoms with van der Waals surface area (Å²) in [5.74, 6) is 0. The summed E-state index contributed by atoms with van der Waals surface area (Å²) < 4.78 is 12.6. The van der Waals surface area contributed by atoms with E-state index in [2.05, 4.69) is 181 Å². The minimum Gasteiger partial charge on any atom is -0.456 e. The van der Waals surface area contributed by atoms with E-state index in [0.717, 1.165) is 77.6 Å². The summed E-state index contributed by atoms with van der Waals surface area (Å²) in [4.78, 5) is 2.32. The lowest BCUT2D eigenvalue weighted by atomic mass is 9.95. The lowest BCUT2D eigenvalue weighted by molar-refractivity contribution is 0.669. The fourth-order valence-electron chi connectivity index (χ4n) is 8.21. The SMILES string of the molecule is c1cc(-c2ccc(N(c3ccc(-c4cccc5c4oc4ccccc45)cc3)c3ccc4oc5ccccc5c4c3)cc2)cc(-c2cccc3ccccc23)c1. The molecule has 0 saturated heterocycles. The van der Waals surface area contributed by atoms with Crippen LogP contribution in [-0.2, 0) is 0 Å². The summed E-state index contributed by atoms with van der Waals surface area (Å²) in [7, 11) is 0. The predicted octanol–water partition coefficient (Wildman–Crippen LogP) is 15.1. The Hall–Kier alpha value is -7.36. The molecule has 0 amide bonds. The van der Waals surface area contributed by atoms with E-state index >= 15 is 0 Å². The second-order valence-corrected chi connectivity index (χ2v) is 14.1. The van der Waals surface area contributed by atoms with Gasteiger partial charge in [0.25, 0.3) is 0 Å². The van der Waals surface area contributed by atoms with Gasteiger partial charge in [0.15, 0.2) is 0 Å². The van der Waals surface area contributed by atoms with Gasteiger partial charge in [-0.05, 0) is 99.3 Å². The van der Waals surface area contributed by atoms with Crippen LogP contribution in [-0.4, -0.2) is 0 Å². The molecule has 0 unspecified atom stereocenters. The fourth-order valence-corrected chi connectivity index (χ4v) is 8.21. The zero-order valence-corrected chi connectivity index (χ0v) is 29.8. The molecule has 0 aliphatic rings. The Morgan fingerprint density at radius 2 is 0.836 bits per heavy atom. The number of hydrogen-bond acceptors (Lipinski definition) is 3. The van der Waals surface area contributed by atoms with Gasteiger partial charge in [0.1, 0.15) is 22.3 Å². The van der Waals surface area contributed by atoms with Gasteiger partial charge < -0.3 is 13.7 Å². The highest BCUT2D eigenvalue weighted by Crippen LogP contribution is 2.42. The molecule has 2 heterocycles. The van der Waals surface area contributed by atoms with Crippen molar-refractivity contribution in [3.63, 3.8) is 0 Å². The Morgan fingerprint density at radius 1 is 0.291 bits per heavy atom. The molecule has 9 aromatic carbocycles. The van der Waals surface area contributed by atoms with E-state index in [-0.39, 0.29) is 0 Å². The Bertz CT molecular complexity index is 3200. The number of rotatable bonds is 6. The zero-order valence-electron chi connectivity index (χ0n) is 29.8. The molecular weight excluding hydrogens is 671 g/mol. The van der Waals surface area contributed by atoms with Gasteiger partial charge in [0, 0.05) is 44.2 Å². The second-order valence-electron chi connectivity index (χ2n) is 14.1. The molecule has 55 heavy (non-hydrogen) atoms. The Balaban J connectivity index is 1.00. The van der Waals surface area contributed by atoms with Crippen molar-refractivity contribution in [1.29, 1.82) is 0 Å². The molecule has 0 fully saturated rings. The third kappa shape index (κ3) is 5.28. The van der Waals surface area contributed by atoms with E-state index in [1.807, 2.05) is 24.3 Å².